The number of benzene rings is 1. The number of nitrogens with two attached hydrogens (primary N) is 1. The fourth-order valence-electron chi connectivity index (χ4n) is 2.25. The average Bonchev–Trinajstić information content (AvgIpc) is 2.33. The van der Waals surface area contributed by atoms with E-state index in [-0.39, 0.29) is 11.5 Å². The highest BCUT2D eigenvalue weighted by atomic mass is 15.2. The Bertz CT molecular complexity index is 445. The van der Waals surface area contributed by atoms with Crippen molar-refractivity contribution >= 4 is 5.69 Å². The topological polar surface area (TPSA) is 53.0 Å². The predicted molar refractivity (Wildman–Crippen MR) is 69.7 cm³/mol. The van der Waals surface area contributed by atoms with Crippen LogP contribution in [0.3, 0.4) is 0 Å². The summed E-state index contributed by atoms with van der Waals surface area (Å²) in [7, 11) is 0. The van der Waals surface area contributed by atoms with E-state index in [4.69, 9.17) is 11.0 Å². The van der Waals surface area contributed by atoms with Gasteiger partial charge in [-0.05, 0) is 24.0 Å². The average molecular weight is 229 g/mol. The van der Waals surface area contributed by atoms with E-state index < -0.39 is 0 Å². The lowest BCUT2D eigenvalue weighted by Crippen LogP contribution is -2.53. The Morgan fingerprint density at radius 2 is 2.12 bits per heavy atom. The second-order valence-electron chi connectivity index (χ2n) is 5.42. The van der Waals surface area contributed by atoms with Crippen molar-refractivity contribution in [2.75, 3.05) is 18.0 Å². The maximum atomic E-state index is 9.11. The minimum Gasteiger partial charge on any atom is -0.369 e. The van der Waals surface area contributed by atoms with Gasteiger partial charge in [-0.25, -0.2) is 0 Å². The Hall–Kier alpha value is -1.53. The van der Waals surface area contributed by atoms with Gasteiger partial charge in [0.2, 0.25) is 0 Å². The zero-order valence-corrected chi connectivity index (χ0v) is 10.5. The molecule has 1 aromatic rings. The van der Waals surface area contributed by atoms with Crippen LogP contribution in [-0.2, 0) is 0 Å². The minimum absolute atomic E-state index is 0.156. The molecule has 2 N–H and O–H groups in total. The number of piperidine rings is 1. The van der Waals surface area contributed by atoms with Crippen LogP contribution in [0.4, 0.5) is 5.69 Å². The number of hydrogen-bond acceptors (Lipinski definition) is 3. The van der Waals surface area contributed by atoms with Crippen molar-refractivity contribution in [1.29, 1.82) is 5.26 Å². The van der Waals surface area contributed by atoms with Gasteiger partial charge in [0.1, 0.15) is 6.07 Å². The molecule has 0 aliphatic carbocycles. The SMILES string of the molecule is CC1(C)CCN(c2ccccc2C#N)CC1N. The first kappa shape index (κ1) is 11.9. The Balaban J connectivity index is 2.23. The lowest BCUT2D eigenvalue weighted by atomic mass is 9.78. The highest BCUT2D eigenvalue weighted by molar-refractivity contribution is 5.59. The van der Waals surface area contributed by atoms with Gasteiger partial charge >= 0.3 is 0 Å². The highest BCUT2D eigenvalue weighted by Crippen LogP contribution is 2.32. The molecule has 1 unspecified atom stereocenters. The van der Waals surface area contributed by atoms with Crippen LogP contribution in [0.5, 0.6) is 0 Å². The lowest BCUT2D eigenvalue weighted by Gasteiger charge is -2.43. The van der Waals surface area contributed by atoms with Crippen molar-refractivity contribution in [2.24, 2.45) is 11.1 Å². The van der Waals surface area contributed by atoms with Crippen molar-refractivity contribution in [3.63, 3.8) is 0 Å². The normalized spacial score (nSPS) is 23.2. The first-order chi connectivity index (χ1) is 8.04. The molecule has 3 nitrogen and oxygen atoms in total. The van der Waals surface area contributed by atoms with E-state index in [1.165, 1.54) is 0 Å². The van der Waals surface area contributed by atoms with Crippen LogP contribution < -0.4 is 10.6 Å². The summed E-state index contributed by atoms with van der Waals surface area (Å²) < 4.78 is 0. The molecule has 0 radical (unpaired) electrons. The van der Waals surface area contributed by atoms with Gasteiger partial charge in [0.05, 0.1) is 11.3 Å². The zero-order chi connectivity index (χ0) is 12.5. The molecule has 3 heteroatoms. The van der Waals surface area contributed by atoms with E-state index in [1.807, 2.05) is 24.3 Å². The molecule has 1 aromatic carbocycles. The Morgan fingerprint density at radius 1 is 1.41 bits per heavy atom. The molecule has 0 saturated carbocycles. The quantitative estimate of drug-likeness (QED) is 0.802. The third kappa shape index (κ3) is 2.27. The van der Waals surface area contributed by atoms with Crippen LogP contribution in [0.2, 0.25) is 0 Å². The summed E-state index contributed by atoms with van der Waals surface area (Å²) in [6.45, 7) is 6.22. The summed E-state index contributed by atoms with van der Waals surface area (Å²) in [6, 6.07) is 10.1. The van der Waals surface area contributed by atoms with Gasteiger partial charge in [-0.2, -0.15) is 5.26 Å². The fourth-order valence-corrected chi connectivity index (χ4v) is 2.25. The molecule has 0 bridgehead atoms. The highest BCUT2D eigenvalue weighted by Gasteiger charge is 2.33. The monoisotopic (exact) mass is 229 g/mol. The summed E-state index contributed by atoms with van der Waals surface area (Å²) in [4.78, 5) is 2.23. The van der Waals surface area contributed by atoms with Crippen LogP contribution in [0.1, 0.15) is 25.8 Å². The fraction of sp³-hybridized carbons (Fsp3) is 0.500. The molecular weight excluding hydrogens is 210 g/mol. The van der Waals surface area contributed by atoms with E-state index >= 15 is 0 Å². The van der Waals surface area contributed by atoms with Gasteiger partial charge in [0.25, 0.3) is 0 Å². The van der Waals surface area contributed by atoms with Gasteiger partial charge in [-0.15, -0.1) is 0 Å². The summed E-state index contributed by atoms with van der Waals surface area (Å²) in [5, 5.41) is 9.11. The van der Waals surface area contributed by atoms with Crippen molar-refractivity contribution in [2.45, 2.75) is 26.3 Å². The first-order valence-corrected chi connectivity index (χ1v) is 6.04. The van der Waals surface area contributed by atoms with Crippen molar-refractivity contribution in [3.05, 3.63) is 29.8 Å². The summed E-state index contributed by atoms with van der Waals surface area (Å²) in [6.07, 6.45) is 1.06. The summed E-state index contributed by atoms with van der Waals surface area (Å²) in [5.41, 5.74) is 8.15. The number of para-hydroxylation sites is 1. The van der Waals surface area contributed by atoms with Gasteiger partial charge in [-0.3, -0.25) is 0 Å². The molecule has 0 spiro atoms. The van der Waals surface area contributed by atoms with Crippen LogP contribution in [-0.4, -0.2) is 19.1 Å². The maximum absolute atomic E-state index is 9.11. The van der Waals surface area contributed by atoms with Crippen LogP contribution in [0, 0.1) is 16.7 Å². The summed E-state index contributed by atoms with van der Waals surface area (Å²) in [5.74, 6) is 0. The maximum Gasteiger partial charge on any atom is 0.101 e. The van der Waals surface area contributed by atoms with Crippen LogP contribution in [0.25, 0.3) is 0 Å². The Kier molecular flexibility index (Phi) is 3.08. The molecule has 1 atom stereocenters. The molecule has 1 aliphatic heterocycles. The van der Waals surface area contributed by atoms with E-state index in [0.717, 1.165) is 30.8 Å². The molecule has 1 saturated heterocycles. The molecule has 17 heavy (non-hydrogen) atoms. The van der Waals surface area contributed by atoms with Gasteiger partial charge in [0.15, 0.2) is 0 Å². The Labute approximate surface area is 103 Å². The van der Waals surface area contributed by atoms with Gasteiger partial charge in [-0.1, -0.05) is 26.0 Å². The van der Waals surface area contributed by atoms with Crippen molar-refractivity contribution < 1.29 is 0 Å². The molecule has 1 fully saturated rings. The molecule has 1 heterocycles. The standard InChI is InChI=1S/C14H19N3/c1-14(2)7-8-17(10-13(14)16)12-6-4-3-5-11(12)9-15/h3-6,13H,7-8,10,16H2,1-2H3. The van der Waals surface area contributed by atoms with Crippen molar-refractivity contribution in [3.8, 4) is 6.07 Å². The molecule has 2 rings (SSSR count). The van der Waals surface area contributed by atoms with E-state index in [1.54, 1.807) is 0 Å². The van der Waals surface area contributed by atoms with E-state index in [0.29, 0.717) is 0 Å². The number of nitrogens with zero attached hydrogens (tertiary/aromatic N) is 2. The first-order valence-electron chi connectivity index (χ1n) is 6.04. The Morgan fingerprint density at radius 3 is 2.76 bits per heavy atom. The van der Waals surface area contributed by atoms with Crippen molar-refractivity contribution in [1.82, 2.24) is 0 Å². The van der Waals surface area contributed by atoms with Gasteiger partial charge < -0.3 is 10.6 Å². The largest absolute Gasteiger partial charge is 0.369 e. The third-order valence-corrected chi connectivity index (χ3v) is 3.81. The predicted octanol–water partition coefficient (Wildman–Crippen LogP) is 2.12. The number of rotatable bonds is 1. The van der Waals surface area contributed by atoms with Gasteiger partial charge in [0, 0.05) is 19.1 Å². The molecule has 0 amide bonds. The van der Waals surface area contributed by atoms with Crippen LogP contribution in [0.15, 0.2) is 24.3 Å². The number of anilines is 1. The lowest BCUT2D eigenvalue weighted by molar-refractivity contribution is 0.235. The second-order valence-corrected chi connectivity index (χ2v) is 5.42. The summed E-state index contributed by atoms with van der Waals surface area (Å²) >= 11 is 0. The smallest absolute Gasteiger partial charge is 0.101 e. The zero-order valence-electron chi connectivity index (χ0n) is 10.5. The molecule has 1 aliphatic rings. The van der Waals surface area contributed by atoms with E-state index in [2.05, 4.69) is 24.8 Å². The second kappa shape index (κ2) is 4.38. The van der Waals surface area contributed by atoms with E-state index in [9.17, 15) is 0 Å². The molecule has 0 aromatic heterocycles. The third-order valence-electron chi connectivity index (χ3n) is 3.81. The number of hydrogen-bond donors (Lipinski definition) is 1. The number of nitriles is 1. The minimum atomic E-state index is 0.156. The van der Waals surface area contributed by atoms with Crippen LogP contribution >= 0.6 is 0 Å². The molecule has 90 valence electrons. The molecular formula is C14H19N3.